The van der Waals surface area contributed by atoms with E-state index >= 15 is 0 Å². The topological polar surface area (TPSA) is 285 Å². The molecule has 0 saturated carbocycles. The number of hydrogen-bond donors (Lipinski definition) is 8. The van der Waals surface area contributed by atoms with Crippen molar-refractivity contribution in [2.45, 2.75) is 55.7 Å². The predicted molar refractivity (Wildman–Crippen MR) is 111 cm³/mol. The summed E-state index contributed by atoms with van der Waals surface area (Å²) in [4.78, 5) is 38.5. The SMILES string of the molecule is [B]C1OC(COP(=O)(O)OP(=O)(O)CP(=O)(O)OP(=O)(O)OCC2OC(C)C(O)C2O)C(O)C1O. The van der Waals surface area contributed by atoms with Crippen LogP contribution in [0, 0.1) is 0 Å². The molecule has 18 nitrogen and oxygen atoms in total. The second kappa shape index (κ2) is 11.7. The van der Waals surface area contributed by atoms with Gasteiger partial charge >= 0.3 is 30.8 Å². The zero-order chi connectivity index (χ0) is 27.0. The molecule has 204 valence electrons. The third-order valence-corrected chi connectivity index (χ3v) is 12.1. The lowest BCUT2D eigenvalue weighted by atomic mass is 9.93. The lowest BCUT2D eigenvalue weighted by Gasteiger charge is -2.22. The van der Waals surface area contributed by atoms with Gasteiger partial charge in [0.1, 0.15) is 38.4 Å². The average molecular weight is 592 g/mol. The molecule has 35 heavy (non-hydrogen) atoms. The maximum Gasteiger partial charge on any atom is 0.479 e. The van der Waals surface area contributed by atoms with Crippen molar-refractivity contribution < 1.29 is 85.4 Å². The Kier molecular flexibility index (Phi) is 10.5. The van der Waals surface area contributed by atoms with E-state index in [1.165, 1.54) is 6.92 Å². The molecule has 0 spiro atoms. The first-order valence-corrected chi connectivity index (χ1v) is 16.1. The molecule has 0 aromatic heterocycles. The van der Waals surface area contributed by atoms with Crippen LogP contribution in [0.15, 0.2) is 0 Å². The molecule has 8 N–H and O–H groups in total. The minimum Gasteiger partial charge on any atom is -0.388 e. The molecule has 23 heteroatoms. The lowest BCUT2D eigenvalue weighted by Crippen LogP contribution is -2.34. The third-order valence-electron chi connectivity index (χ3n) is 4.62. The standard InChI is InChI=1S/C12H25BO18P4/c1-5-8(14)9(15)6(28-5)2-26-34(22,23)30-32(18,19)4-33(20,21)31-35(24,25)27-3-7-10(16)11(17)12(13)29-7/h5-12,14-17H,2-4H2,1H3,(H,18,19)(H,20,21)(H,22,23)(H,24,25). The Morgan fingerprint density at radius 1 is 0.714 bits per heavy atom. The fraction of sp³-hybridized carbons (Fsp3) is 1.00. The smallest absolute Gasteiger partial charge is 0.388 e. The quantitative estimate of drug-likeness (QED) is 0.0874. The van der Waals surface area contributed by atoms with E-state index in [2.05, 4.69) is 17.7 Å². The molecule has 2 radical (unpaired) electrons. The number of phosphoric ester groups is 2. The van der Waals surface area contributed by atoms with Gasteiger partial charge in [0.05, 0.1) is 25.4 Å². The normalized spacial score (nSPS) is 40.5. The van der Waals surface area contributed by atoms with Gasteiger partial charge in [-0.05, 0) is 6.92 Å². The molecule has 2 aliphatic rings. The van der Waals surface area contributed by atoms with Crippen LogP contribution in [0.2, 0.25) is 0 Å². The highest BCUT2D eigenvalue weighted by Crippen LogP contribution is 2.70. The Bertz CT molecular complexity index is 861. The van der Waals surface area contributed by atoms with Crippen molar-refractivity contribution in [2.24, 2.45) is 0 Å². The van der Waals surface area contributed by atoms with Gasteiger partial charge in [0.25, 0.3) is 0 Å². The molecule has 0 aromatic rings. The highest BCUT2D eigenvalue weighted by molar-refractivity contribution is 7.76. The molecule has 12 atom stereocenters. The molecule has 12 unspecified atom stereocenters. The summed E-state index contributed by atoms with van der Waals surface area (Å²) in [6.45, 7) is -0.472. The molecule has 0 aliphatic carbocycles. The molecule has 2 fully saturated rings. The highest BCUT2D eigenvalue weighted by atomic mass is 31.3. The summed E-state index contributed by atoms with van der Waals surface area (Å²) >= 11 is 0. The first kappa shape index (κ1) is 31.6. The first-order valence-electron chi connectivity index (χ1n) is 9.54. The maximum atomic E-state index is 12.1. The predicted octanol–water partition coefficient (Wildman–Crippen LogP) is -2.29. The Hall–Kier alpha value is 0.425. The van der Waals surface area contributed by atoms with Crippen molar-refractivity contribution >= 4 is 38.7 Å². The van der Waals surface area contributed by atoms with E-state index < -0.39 is 98.7 Å². The van der Waals surface area contributed by atoms with Crippen molar-refractivity contribution in [1.82, 2.24) is 0 Å². The van der Waals surface area contributed by atoms with E-state index in [1.807, 2.05) is 0 Å². The Morgan fingerprint density at radius 3 is 1.46 bits per heavy atom. The Labute approximate surface area is 199 Å². The fourth-order valence-electron chi connectivity index (χ4n) is 2.97. The van der Waals surface area contributed by atoms with Crippen LogP contribution in [0.5, 0.6) is 0 Å². The van der Waals surface area contributed by atoms with Gasteiger partial charge in [-0.1, -0.05) is 0 Å². The van der Waals surface area contributed by atoms with Gasteiger partial charge in [-0.15, -0.1) is 0 Å². The van der Waals surface area contributed by atoms with Gasteiger partial charge in [-0.3, -0.25) is 18.2 Å². The average Bonchev–Trinajstić information content (AvgIpc) is 3.06. The van der Waals surface area contributed by atoms with Crippen LogP contribution in [0.1, 0.15) is 6.92 Å². The maximum absolute atomic E-state index is 12.1. The molecule has 2 heterocycles. The van der Waals surface area contributed by atoms with Gasteiger partial charge in [0.15, 0.2) is 5.90 Å². The second-order valence-electron chi connectivity index (χ2n) is 7.59. The van der Waals surface area contributed by atoms with Crippen LogP contribution < -0.4 is 0 Å². The number of aliphatic hydroxyl groups excluding tert-OH is 4. The van der Waals surface area contributed by atoms with Crippen LogP contribution in [0.3, 0.4) is 0 Å². The summed E-state index contributed by atoms with van der Waals surface area (Å²) in [6.07, 6.45) is -9.67. The van der Waals surface area contributed by atoms with Gasteiger partial charge in [-0.2, -0.15) is 0 Å². The molecule has 2 rings (SSSR count). The molecule has 0 bridgehead atoms. The summed E-state index contributed by atoms with van der Waals surface area (Å²) in [5.74, 6) is -1.97. The van der Waals surface area contributed by atoms with E-state index in [0.29, 0.717) is 0 Å². The molecular formula is C12H25BO18P4. The summed E-state index contributed by atoms with van der Waals surface area (Å²) in [7, 11) is -16.6. The molecular weight excluding hydrogens is 567 g/mol. The van der Waals surface area contributed by atoms with E-state index in [0.717, 1.165) is 0 Å². The molecule has 2 aliphatic heterocycles. The van der Waals surface area contributed by atoms with Crippen LogP contribution >= 0.6 is 30.8 Å². The van der Waals surface area contributed by atoms with Crippen LogP contribution in [-0.2, 0) is 45.4 Å². The van der Waals surface area contributed by atoms with Crippen molar-refractivity contribution in [2.75, 3.05) is 19.1 Å². The van der Waals surface area contributed by atoms with Gasteiger partial charge in [0.2, 0.25) is 0 Å². The van der Waals surface area contributed by atoms with E-state index in [4.69, 9.17) is 17.3 Å². The largest absolute Gasteiger partial charge is 0.479 e. The number of aliphatic hydroxyl groups is 4. The summed E-state index contributed by atoms with van der Waals surface area (Å²) in [5.41, 5.74) is 0. The van der Waals surface area contributed by atoms with Gasteiger partial charge in [0, 0.05) is 6.00 Å². The van der Waals surface area contributed by atoms with E-state index in [1.54, 1.807) is 0 Å². The van der Waals surface area contributed by atoms with E-state index in [-0.39, 0.29) is 0 Å². The van der Waals surface area contributed by atoms with Crippen molar-refractivity contribution in [3.63, 3.8) is 0 Å². The number of hydrogen-bond acceptors (Lipinski definition) is 14. The second-order valence-corrected chi connectivity index (χ2v) is 15.0. The molecule has 0 aromatic carbocycles. The van der Waals surface area contributed by atoms with Crippen molar-refractivity contribution in [3.05, 3.63) is 0 Å². The summed E-state index contributed by atoms with van der Waals surface area (Å²) < 4.78 is 74.6. The minimum absolute atomic E-state index is 0.861. The highest BCUT2D eigenvalue weighted by Gasteiger charge is 2.47. The molecule has 2 saturated heterocycles. The Balaban J connectivity index is 1.89. The molecule has 0 amide bonds. The first-order chi connectivity index (χ1) is 15.7. The zero-order valence-electron chi connectivity index (χ0n) is 17.8. The van der Waals surface area contributed by atoms with Gasteiger partial charge in [-0.25, -0.2) is 17.8 Å². The monoisotopic (exact) mass is 592 g/mol. The van der Waals surface area contributed by atoms with Gasteiger partial charge < -0.3 is 49.5 Å². The number of phosphoric acid groups is 2. The number of rotatable bonds is 12. The lowest BCUT2D eigenvalue weighted by molar-refractivity contribution is -0.0165. The zero-order valence-corrected chi connectivity index (χ0v) is 21.3. The van der Waals surface area contributed by atoms with Crippen molar-refractivity contribution in [3.8, 4) is 0 Å². The number of ether oxygens (including phenoxy) is 2. The third kappa shape index (κ3) is 9.29. The minimum atomic E-state index is -5.53. The van der Waals surface area contributed by atoms with Crippen LogP contribution in [-0.4, -0.2) is 116 Å². The summed E-state index contributed by atoms with van der Waals surface area (Å²) in [6, 6.07) is -1.35. The van der Waals surface area contributed by atoms with E-state index in [9.17, 15) is 58.3 Å². The fourth-order valence-corrected chi connectivity index (χ4v) is 9.75. The summed E-state index contributed by atoms with van der Waals surface area (Å²) in [5, 5.41) is 38.4. The Morgan fingerprint density at radius 2 is 1.11 bits per heavy atom. The van der Waals surface area contributed by atoms with Crippen LogP contribution in [0.25, 0.3) is 0 Å². The van der Waals surface area contributed by atoms with Crippen LogP contribution in [0.4, 0.5) is 0 Å². The van der Waals surface area contributed by atoms with Crippen molar-refractivity contribution in [1.29, 1.82) is 0 Å².